The van der Waals surface area contributed by atoms with Crippen LogP contribution < -0.4 is 10.6 Å². The van der Waals surface area contributed by atoms with Crippen LogP contribution >= 0.6 is 0 Å². The highest BCUT2D eigenvalue weighted by molar-refractivity contribution is 5.79. The maximum absolute atomic E-state index is 13.7. The van der Waals surface area contributed by atoms with Gasteiger partial charge in [0, 0.05) is 58.4 Å². The van der Waals surface area contributed by atoms with E-state index < -0.39 is 5.60 Å². The molecule has 28 heavy (non-hydrogen) atoms. The average molecular weight is 394 g/mol. The molecule has 8 heteroatoms. The predicted molar refractivity (Wildman–Crippen MR) is 109 cm³/mol. The fourth-order valence-corrected chi connectivity index (χ4v) is 2.85. The average Bonchev–Trinajstić information content (AvgIpc) is 2.65. The summed E-state index contributed by atoms with van der Waals surface area (Å²) in [6, 6.07) is 6.69. The zero-order valence-corrected chi connectivity index (χ0v) is 17.3. The molecule has 1 amide bonds. The van der Waals surface area contributed by atoms with Crippen molar-refractivity contribution in [2.24, 2.45) is 4.99 Å². The maximum Gasteiger partial charge on any atom is 0.410 e. The fourth-order valence-electron chi connectivity index (χ4n) is 2.85. The van der Waals surface area contributed by atoms with Crippen LogP contribution in [0.5, 0.6) is 0 Å². The Labute approximate surface area is 166 Å². The van der Waals surface area contributed by atoms with Crippen molar-refractivity contribution in [3.05, 3.63) is 35.6 Å². The van der Waals surface area contributed by atoms with E-state index in [0.717, 1.165) is 19.6 Å². The molecule has 2 rings (SSSR count). The van der Waals surface area contributed by atoms with Gasteiger partial charge in [-0.3, -0.25) is 9.89 Å². The molecule has 0 aliphatic carbocycles. The van der Waals surface area contributed by atoms with Gasteiger partial charge >= 0.3 is 6.09 Å². The van der Waals surface area contributed by atoms with E-state index in [1.54, 1.807) is 24.1 Å². The van der Waals surface area contributed by atoms with Gasteiger partial charge in [-0.05, 0) is 26.8 Å². The van der Waals surface area contributed by atoms with E-state index in [2.05, 4.69) is 20.5 Å². The fraction of sp³-hybridized carbons (Fsp3) is 0.600. The number of benzene rings is 1. The summed E-state index contributed by atoms with van der Waals surface area (Å²) in [4.78, 5) is 20.3. The lowest BCUT2D eigenvalue weighted by atomic mass is 10.2. The van der Waals surface area contributed by atoms with Gasteiger partial charge in [-0.15, -0.1) is 0 Å². The topological polar surface area (TPSA) is 69.2 Å². The maximum atomic E-state index is 13.7. The number of aliphatic imine (C=N–C) groups is 1. The summed E-state index contributed by atoms with van der Waals surface area (Å²) in [6.07, 6.45) is -0.247. The number of carbonyl (C=O) groups excluding carboxylic acids is 1. The minimum absolute atomic E-state index is 0.228. The molecule has 0 saturated carbocycles. The van der Waals surface area contributed by atoms with Crippen LogP contribution in [0.15, 0.2) is 29.3 Å². The minimum atomic E-state index is -0.469. The molecule has 0 spiro atoms. The third-order valence-corrected chi connectivity index (χ3v) is 4.37. The molecule has 0 aromatic heterocycles. The number of guanidine groups is 1. The van der Waals surface area contributed by atoms with Crippen molar-refractivity contribution < 1.29 is 13.9 Å². The Morgan fingerprint density at radius 2 is 1.86 bits per heavy atom. The Kier molecular flexibility index (Phi) is 8.04. The number of amides is 1. The molecule has 2 N–H and O–H groups in total. The summed E-state index contributed by atoms with van der Waals surface area (Å²) < 4.78 is 19.1. The Morgan fingerprint density at radius 3 is 2.46 bits per heavy atom. The highest BCUT2D eigenvalue weighted by atomic mass is 19.1. The standard InChI is InChI=1S/C20H32FN5O2/c1-20(2,3)28-19(27)26-13-11-25(12-14-26)10-9-23-18(22-4)24-15-16-7-5-6-8-17(16)21/h5-8H,9-15H2,1-4H3,(H2,22,23,24). The lowest BCUT2D eigenvalue weighted by Crippen LogP contribution is -2.51. The van der Waals surface area contributed by atoms with E-state index in [9.17, 15) is 9.18 Å². The number of hydrogen-bond donors (Lipinski definition) is 2. The largest absolute Gasteiger partial charge is 0.444 e. The summed E-state index contributed by atoms with van der Waals surface area (Å²) in [5, 5.41) is 6.36. The van der Waals surface area contributed by atoms with Gasteiger partial charge in [0.1, 0.15) is 11.4 Å². The first kappa shape index (κ1) is 21.9. The van der Waals surface area contributed by atoms with Crippen molar-refractivity contribution in [3.8, 4) is 0 Å². The number of nitrogens with one attached hydrogen (secondary N) is 2. The second kappa shape index (κ2) is 10.3. The molecular weight excluding hydrogens is 361 g/mol. The monoisotopic (exact) mass is 393 g/mol. The third kappa shape index (κ3) is 7.34. The van der Waals surface area contributed by atoms with Crippen LogP contribution in [0.3, 0.4) is 0 Å². The number of piperazine rings is 1. The van der Waals surface area contributed by atoms with Crippen LogP contribution in [0.1, 0.15) is 26.3 Å². The Balaban J connectivity index is 1.66. The molecule has 1 aromatic rings. The van der Waals surface area contributed by atoms with E-state index in [-0.39, 0.29) is 11.9 Å². The van der Waals surface area contributed by atoms with E-state index in [1.165, 1.54) is 6.07 Å². The first-order valence-corrected chi connectivity index (χ1v) is 9.66. The van der Waals surface area contributed by atoms with Crippen LogP contribution in [-0.4, -0.2) is 73.8 Å². The molecule has 1 aromatic carbocycles. The second-order valence-electron chi connectivity index (χ2n) is 7.75. The van der Waals surface area contributed by atoms with Crippen molar-refractivity contribution >= 4 is 12.1 Å². The smallest absolute Gasteiger partial charge is 0.410 e. The number of ether oxygens (including phenoxy) is 1. The van der Waals surface area contributed by atoms with Crippen LogP contribution in [0.2, 0.25) is 0 Å². The van der Waals surface area contributed by atoms with Crippen LogP contribution in [0.4, 0.5) is 9.18 Å². The van der Waals surface area contributed by atoms with Crippen LogP contribution in [0, 0.1) is 5.82 Å². The van der Waals surface area contributed by atoms with Crippen LogP contribution in [0.25, 0.3) is 0 Å². The number of rotatable bonds is 5. The normalized spacial score (nSPS) is 16.0. The van der Waals surface area contributed by atoms with Gasteiger partial charge in [0.2, 0.25) is 0 Å². The van der Waals surface area contributed by atoms with Gasteiger partial charge in [0.25, 0.3) is 0 Å². The van der Waals surface area contributed by atoms with Crippen molar-refractivity contribution in [3.63, 3.8) is 0 Å². The van der Waals surface area contributed by atoms with Crippen molar-refractivity contribution in [1.82, 2.24) is 20.4 Å². The quantitative estimate of drug-likeness (QED) is 0.592. The minimum Gasteiger partial charge on any atom is -0.444 e. The lowest BCUT2D eigenvalue weighted by molar-refractivity contribution is 0.0147. The lowest BCUT2D eigenvalue weighted by Gasteiger charge is -2.35. The second-order valence-corrected chi connectivity index (χ2v) is 7.75. The van der Waals surface area contributed by atoms with Gasteiger partial charge < -0.3 is 20.3 Å². The molecule has 1 heterocycles. The van der Waals surface area contributed by atoms with E-state index in [0.29, 0.717) is 37.7 Å². The Hall–Kier alpha value is -2.35. The number of hydrogen-bond acceptors (Lipinski definition) is 4. The first-order valence-electron chi connectivity index (χ1n) is 9.66. The molecular formula is C20H32FN5O2. The van der Waals surface area contributed by atoms with Crippen molar-refractivity contribution in [2.75, 3.05) is 46.3 Å². The number of nitrogens with zero attached hydrogens (tertiary/aromatic N) is 3. The Bertz CT molecular complexity index is 667. The molecule has 1 saturated heterocycles. The number of halogens is 1. The zero-order valence-electron chi connectivity index (χ0n) is 17.3. The molecule has 0 unspecified atom stereocenters. The highest BCUT2D eigenvalue weighted by Gasteiger charge is 2.25. The summed E-state index contributed by atoms with van der Waals surface area (Å²) in [7, 11) is 1.69. The molecule has 1 aliphatic heterocycles. The van der Waals surface area contributed by atoms with E-state index in [1.807, 2.05) is 26.8 Å². The van der Waals surface area contributed by atoms with Crippen molar-refractivity contribution in [2.45, 2.75) is 32.9 Å². The zero-order chi connectivity index (χ0) is 20.6. The molecule has 0 atom stereocenters. The van der Waals surface area contributed by atoms with Crippen LogP contribution in [-0.2, 0) is 11.3 Å². The molecule has 7 nitrogen and oxygen atoms in total. The molecule has 0 bridgehead atoms. The summed E-state index contributed by atoms with van der Waals surface area (Å²) in [6.45, 7) is 10.5. The highest BCUT2D eigenvalue weighted by Crippen LogP contribution is 2.11. The van der Waals surface area contributed by atoms with Gasteiger partial charge in [0.15, 0.2) is 5.96 Å². The SMILES string of the molecule is CN=C(NCCN1CCN(C(=O)OC(C)(C)C)CC1)NCc1ccccc1F. The summed E-state index contributed by atoms with van der Waals surface area (Å²) >= 11 is 0. The summed E-state index contributed by atoms with van der Waals surface area (Å²) in [5.74, 6) is 0.406. The molecule has 1 fully saturated rings. The predicted octanol–water partition coefficient (Wildman–Crippen LogP) is 2.04. The molecule has 1 aliphatic rings. The van der Waals surface area contributed by atoms with Gasteiger partial charge in [0.05, 0.1) is 0 Å². The van der Waals surface area contributed by atoms with E-state index >= 15 is 0 Å². The van der Waals surface area contributed by atoms with Gasteiger partial charge in [-0.2, -0.15) is 0 Å². The third-order valence-electron chi connectivity index (χ3n) is 4.37. The molecule has 0 radical (unpaired) electrons. The molecule has 156 valence electrons. The summed E-state index contributed by atoms with van der Waals surface area (Å²) in [5.41, 5.74) is 0.132. The van der Waals surface area contributed by atoms with Crippen molar-refractivity contribution in [1.29, 1.82) is 0 Å². The van der Waals surface area contributed by atoms with Gasteiger partial charge in [-0.1, -0.05) is 18.2 Å². The Morgan fingerprint density at radius 1 is 1.18 bits per heavy atom. The first-order chi connectivity index (χ1) is 13.3. The van der Waals surface area contributed by atoms with E-state index in [4.69, 9.17) is 4.74 Å². The number of carbonyl (C=O) groups is 1. The van der Waals surface area contributed by atoms with Gasteiger partial charge in [-0.25, -0.2) is 9.18 Å².